The van der Waals surface area contributed by atoms with E-state index < -0.39 is 0 Å². The Morgan fingerprint density at radius 2 is 2.15 bits per heavy atom. The normalized spacial score (nSPS) is 11.8. The van der Waals surface area contributed by atoms with Crippen molar-refractivity contribution in [3.63, 3.8) is 0 Å². The van der Waals surface area contributed by atoms with E-state index in [-0.39, 0.29) is 6.04 Å². The lowest BCUT2D eigenvalue weighted by atomic mass is 10.0. The van der Waals surface area contributed by atoms with Gasteiger partial charge >= 0.3 is 0 Å². The Morgan fingerprint density at radius 1 is 1.46 bits per heavy atom. The molecule has 0 aliphatic carbocycles. The SMILES string of the molecule is CCc1ccccc1C(C)N=C=O. The molecule has 0 saturated heterocycles. The first-order valence-corrected chi connectivity index (χ1v) is 4.44. The van der Waals surface area contributed by atoms with E-state index in [1.54, 1.807) is 6.08 Å². The minimum atomic E-state index is -0.0753. The molecule has 0 amide bonds. The van der Waals surface area contributed by atoms with Crippen LogP contribution in [0.15, 0.2) is 29.3 Å². The number of aryl methyl sites for hydroxylation is 1. The highest BCUT2D eigenvalue weighted by atomic mass is 16.1. The third-order valence-corrected chi connectivity index (χ3v) is 2.13. The van der Waals surface area contributed by atoms with E-state index in [1.165, 1.54) is 5.56 Å². The average molecular weight is 175 g/mol. The molecule has 0 aliphatic rings. The molecule has 1 unspecified atom stereocenters. The third kappa shape index (κ3) is 2.27. The molecule has 0 radical (unpaired) electrons. The summed E-state index contributed by atoms with van der Waals surface area (Å²) in [5.41, 5.74) is 2.36. The molecule has 0 N–H and O–H groups in total. The van der Waals surface area contributed by atoms with Crippen LogP contribution in [-0.2, 0) is 11.2 Å². The molecular weight excluding hydrogens is 162 g/mol. The fraction of sp³-hybridized carbons (Fsp3) is 0.364. The Balaban J connectivity index is 3.04. The van der Waals surface area contributed by atoms with Crippen LogP contribution in [0.25, 0.3) is 0 Å². The summed E-state index contributed by atoms with van der Waals surface area (Å²) in [5, 5.41) is 0. The second kappa shape index (κ2) is 4.58. The van der Waals surface area contributed by atoms with Gasteiger partial charge < -0.3 is 0 Å². The summed E-state index contributed by atoms with van der Waals surface area (Å²) in [6, 6.07) is 7.95. The molecule has 1 rings (SSSR count). The quantitative estimate of drug-likeness (QED) is 0.513. The highest BCUT2D eigenvalue weighted by molar-refractivity contribution is 5.37. The number of isocyanates is 1. The predicted octanol–water partition coefficient (Wildman–Crippen LogP) is 2.65. The van der Waals surface area contributed by atoms with Crippen molar-refractivity contribution in [2.24, 2.45) is 4.99 Å². The minimum absolute atomic E-state index is 0.0753. The summed E-state index contributed by atoms with van der Waals surface area (Å²) in [6.07, 6.45) is 2.56. The smallest absolute Gasteiger partial charge is 0.211 e. The summed E-state index contributed by atoms with van der Waals surface area (Å²) >= 11 is 0. The highest BCUT2D eigenvalue weighted by Crippen LogP contribution is 2.20. The molecule has 0 aliphatic heterocycles. The Hall–Kier alpha value is -1.40. The van der Waals surface area contributed by atoms with Crippen LogP contribution in [-0.4, -0.2) is 6.08 Å². The Kier molecular flexibility index (Phi) is 3.41. The Morgan fingerprint density at radius 3 is 2.77 bits per heavy atom. The van der Waals surface area contributed by atoms with Crippen molar-refractivity contribution in [2.75, 3.05) is 0 Å². The lowest BCUT2D eigenvalue weighted by Gasteiger charge is -2.09. The van der Waals surface area contributed by atoms with Crippen molar-refractivity contribution in [2.45, 2.75) is 26.3 Å². The molecule has 0 saturated carbocycles. The second-order valence-electron chi connectivity index (χ2n) is 2.95. The molecule has 2 heteroatoms. The lowest BCUT2D eigenvalue weighted by Crippen LogP contribution is -1.95. The van der Waals surface area contributed by atoms with Gasteiger partial charge in [0.15, 0.2) is 0 Å². The zero-order chi connectivity index (χ0) is 9.68. The van der Waals surface area contributed by atoms with E-state index in [0.717, 1.165) is 12.0 Å². The molecule has 0 spiro atoms. The van der Waals surface area contributed by atoms with E-state index in [0.29, 0.717) is 0 Å². The Labute approximate surface area is 78.3 Å². The molecule has 0 heterocycles. The van der Waals surface area contributed by atoms with Crippen LogP contribution in [0.3, 0.4) is 0 Å². The predicted molar refractivity (Wildman–Crippen MR) is 52.4 cm³/mol. The Bertz CT molecular complexity index is 327. The average Bonchev–Trinajstić information content (AvgIpc) is 2.18. The molecule has 1 atom stereocenters. The van der Waals surface area contributed by atoms with Crippen molar-refractivity contribution in [1.29, 1.82) is 0 Å². The molecule has 1 aromatic rings. The number of rotatable bonds is 3. The number of nitrogens with zero attached hydrogens (tertiary/aromatic N) is 1. The molecule has 0 bridgehead atoms. The molecule has 0 aromatic heterocycles. The summed E-state index contributed by atoms with van der Waals surface area (Å²) < 4.78 is 0. The largest absolute Gasteiger partial charge is 0.235 e. The molecule has 1 aromatic carbocycles. The maximum atomic E-state index is 10.1. The van der Waals surface area contributed by atoms with Crippen molar-refractivity contribution in [1.82, 2.24) is 0 Å². The fourth-order valence-corrected chi connectivity index (χ4v) is 1.41. The van der Waals surface area contributed by atoms with Crippen molar-refractivity contribution in [3.05, 3.63) is 35.4 Å². The van der Waals surface area contributed by atoms with Gasteiger partial charge in [-0.1, -0.05) is 31.2 Å². The zero-order valence-electron chi connectivity index (χ0n) is 7.95. The first kappa shape index (κ1) is 9.69. The number of benzene rings is 1. The zero-order valence-corrected chi connectivity index (χ0v) is 7.95. The van der Waals surface area contributed by atoms with Crippen LogP contribution >= 0.6 is 0 Å². The van der Waals surface area contributed by atoms with Crippen LogP contribution in [0.1, 0.15) is 31.0 Å². The van der Waals surface area contributed by atoms with E-state index in [1.807, 2.05) is 25.1 Å². The number of aliphatic imine (C=N–C) groups is 1. The summed E-state index contributed by atoms with van der Waals surface area (Å²) in [4.78, 5) is 13.8. The van der Waals surface area contributed by atoms with E-state index in [4.69, 9.17) is 0 Å². The van der Waals surface area contributed by atoms with E-state index in [2.05, 4.69) is 18.0 Å². The van der Waals surface area contributed by atoms with Gasteiger partial charge in [0, 0.05) is 0 Å². The van der Waals surface area contributed by atoms with Gasteiger partial charge in [-0.15, -0.1) is 0 Å². The van der Waals surface area contributed by atoms with Gasteiger partial charge in [0.1, 0.15) is 0 Å². The minimum Gasteiger partial charge on any atom is -0.211 e. The van der Waals surface area contributed by atoms with Crippen molar-refractivity contribution < 1.29 is 4.79 Å². The van der Waals surface area contributed by atoms with E-state index in [9.17, 15) is 4.79 Å². The van der Waals surface area contributed by atoms with Crippen LogP contribution in [0, 0.1) is 0 Å². The van der Waals surface area contributed by atoms with Gasteiger partial charge in [-0.3, -0.25) is 0 Å². The fourth-order valence-electron chi connectivity index (χ4n) is 1.41. The van der Waals surface area contributed by atoms with Gasteiger partial charge in [-0.25, -0.2) is 4.79 Å². The van der Waals surface area contributed by atoms with Gasteiger partial charge in [-0.2, -0.15) is 4.99 Å². The van der Waals surface area contributed by atoms with Crippen LogP contribution in [0.5, 0.6) is 0 Å². The maximum Gasteiger partial charge on any atom is 0.235 e. The van der Waals surface area contributed by atoms with Gasteiger partial charge in [0.05, 0.1) is 6.04 Å². The number of carbonyl (C=O) groups excluding carboxylic acids is 1. The standard InChI is InChI=1S/C11H13NO/c1-3-10-6-4-5-7-11(10)9(2)12-8-13/h4-7,9H,3H2,1-2H3. The van der Waals surface area contributed by atoms with E-state index >= 15 is 0 Å². The van der Waals surface area contributed by atoms with Gasteiger partial charge in [0.2, 0.25) is 6.08 Å². The van der Waals surface area contributed by atoms with Gasteiger partial charge in [-0.05, 0) is 24.5 Å². The van der Waals surface area contributed by atoms with Gasteiger partial charge in [0.25, 0.3) is 0 Å². The highest BCUT2D eigenvalue weighted by Gasteiger charge is 2.06. The number of hydrogen-bond donors (Lipinski definition) is 0. The molecule has 0 fully saturated rings. The van der Waals surface area contributed by atoms with Crippen LogP contribution in [0.4, 0.5) is 0 Å². The molecule has 68 valence electrons. The number of hydrogen-bond acceptors (Lipinski definition) is 2. The molecule has 2 nitrogen and oxygen atoms in total. The summed E-state index contributed by atoms with van der Waals surface area (Å²) in [6.45, 7) is 4.00. The maximum absolute atomic E-state index is 10.1. The van der Waals surface area contributed by atoms with Crippen LogP contribution in [0.2, 0.25) is 0 Å². The monoisotopic (exact) mass is 175 g/mol. The summed E-state index contributed by atoms with van der Waals surface area (Å²) in [7, 11) is 0. The van der Waals surface area contributed by atoms with Crippen LogP contribution < -0.4 is 0 Å². The topological polar surface area (TPSA) is 29.4 Å². The first-order chi connectivity index (χ1) is 6.29. The lowest BCUT2D eigenvalue weighted by molar-refractivity contribution is 0.559. The summed E-state index contributed by atoms with van der Waals surface area (Å²) in [5.74, 6) is 0. The molecular formula is C11H13NO. The molecule has 13 heavy (non-hydrogen) atoms. The van der Waals surface area contributed by atoms with Crippen molar-refractivity contribution >= 4 is 6.08 Å². The third-order valence-electron chi connectivity index (χ3n) is 2.13. The second-order valence-corrected chi connectivity index (χ2v) is 2.95. The van der Waals surface area contributed by atoms with Crippen molar-refractivity contribution in [3.8, 4) is 0 Å². The first-order valence-electron chi connectivity index (χ1n) is 4.44.